The second-order valence-corrected chi connectivity index (χ2v) is 5.27. The molecule has 0 spiro atoms. The number of aromatic nitrogens is 4. The Morgan fingerprint density at radius 1 is 1.33 bits per heavy atom. The average Bonchev–Trinajstić information content (AvgIpc) is 3.15. The minimum absolute atomic E-state index is 0.384. The summed E-state index contributed by atoms with van der Waals surface area (Å²) >= 11 is 0. The second kappa shape index (κ2) is 6.71. The fourth-order valence-corrected chi connectivity index (χ4v) is 2.50. The van der Waals surface area contributed by atoms with Crippen molar-refractivity contribution < 1.29 is 4.74 Å². The van der Waals surface area contributed by atoms with E-state index in [2.05, 4.69) is 37.5 Å². The molecule has 1 aliphatic heterocycles. The van der Waals surface area contributed by atoms with Crippen molar-refractivity contribution in [1.29, 1.82) is 0 Å². The molecule has 2 aromatic rings. The highest BCUT2D eigenvalue weighted by Gasteiger charge is 2.15. The standard InChI is InChI=1S/C14H22N6O/c1-2-6-16-14-19-12(11-13(20-14)18-9-17-11)15-7-5-10-4-3-8-21-10/h9-10H,2-8H2,1H3,(H3,15,16,17,18,19,20). The Morgan fingerprint density at radius 3 is 3.10 bits per heavy atom. The summed E-state index contributed by atoms with van der Waals surface area (Å²) in [6, 6.07) is 0. The monoisotopic (exact) mass is 290 g/mol. The number of rotatable bonds is 7. The minimum atomic E-state index is 0.384. The third kappa shape index (κ3) is 3.41. The number of nitrogens with one attached hydrogen (secondary N) is 3. The second-order valence-electron chi connectivity index (χ2n) is 5.27. The molecule has 7 heteroatoms. The number of hydrogen-bond acceptors (Lipinski definition) is 6. The van der Waals surface area contributed by atoms with E-state index in [0.717, 1.165) is 50.3 Å². The van der Waals surface area contributed by atoms with Gasteiger partial charge in [0.15, 0.2) is 11.5 Å². The number of hydrogen-bond donors (Lipinski definition) is 3. The van der Waals surface area contributed by atoms with Crippen molar-refractivity contribution in [2.24, 2.45) is 0 Å². The lowest BCUT2D eigenvalue weighted by Crippen LogP contribution is -2.14. The third-order valence-electron chi connectivity index (χ3n) is 3.60. The first kappa shape index (κ1) is 14.1. The maximum Gasteiger partial charge on any atom is 0.226 e. The summed E-state index contributed by atoms with van der Waals surface area (Å²) in [5, 5.41) is 6.58. The highest BCUT2D eigenvalue weighted by molar-refractivity contribution is 5.83. The third-order valence-corrected chi connectivity index (χ3v) is 3.60. The van der Waals surface area contributed by atoms with Gasteiger partial charge in [0.1, 0.15) is 5.52 Å². The summed E-state index contributed by atoms with van der Waals surface area (Å²) in [6.07, 6.45) is 6.40. The predicted octanol–water partition coefficient (Wildman–Crippen LogP) is 2.16. The lowest BCUT2D eigenvalue weighted by atomic mass is 10.2. The first-order valence-corrected chi connectivity index (χ1v) is 7.67. The van der Waals surface area contributed by atoms with Crippen molar-refractivity contribution in [3.8, 4) is 0 Å². The maximum atomic E-state index is 5.63. The fourth-order valence-electron chi connectivity index (χ4n) is 2.50. The molecule has 1 saturated heterocycles. The molecule has 114 valence electrons. The molecular weight excluding hydrogens is 268 g/mol. The Bertz CT molecular complexity index is 578. The van der Waals surface area contributed by atoms with Crippen LogP contribution in [0.15, 0.2) is 6.33 Å². The van der Waals surface area contributed by atoms with Crippen molar-refractivity contribution in [3.05, 3.63) is 6.33 Å². The smallest absolute Gasteiger partial charge is 0.226 e. The largest absolute Gasteiger partial charge is 0.378 e. The zero-order chi connectivity index (χ0) is 14.5. The Balaban J connectivity index is 1.68. The summed E-state index contributed by atoms with van der Waals surface area (Å²) in [4.78, 5) is 16.2. The van der Waals surface area contributed by atoms with Crippen LogP contribution in [0.3, 0.4) is 0 Å². The van der Waals surface area contributed by atoms with Crippen molar-refractivity contribution in [1.82, 2.24) is 19.9 Å². The first-order chi connectivity index (χ1) is 10.4. The fraction of sp³-hybridized carbons (Fsp3) is 0.643. The zero-order valence-electron chi connectivity index (χ0n) is 12.4. The quantitative estimate of drug-likeness (QED) is 0.724. The number of ether oxygens (including phenoxy) is 1. The van der Waals surface area contributed by atoms with Crippen LogP contribution >= 0.6 is 0 Å². The number of H-pyrrole nitrogens is 1. The Kier molecular flexibility index (Phi) is 4.49. The van der Waals surface area contributed by atoms with Gasteiger partial charge in [0.05, 0.1) is 12.4 Å². The van der Waals surface area contributed by atoms with E-state index < -0.39 is 0 Å². The molecular formula is C14H22N6O. The van der Waals surface area contributed by atoms with Gasteiger partial charge in [0.25, 0.3) is 0 Å². The van der Waals surface area contributed by atoms with Gasteiger partial charge in [-0.05, 0) is 25.7 Å². The van der Waals surface area contributed by atoms with Crippen LogP contribution in [0.1, 0.15) is 32.6 Å². The number of fused-ring (bicyclic) bond motifs is 1. The molecule has 7 nitrogen and oxygen atoms in total. The van der Waals surface area contributed by atoms with Gasteiger partial charge in [-0.2, -0.15) is 9.97 Å². The zero-order valence-corrected chi connectivity index (χ0v) is 12.4. The molecule has 1 unspecified atom stereocenters. The molecule has 1 aliphatic rings. The number of nitrogens with zero attached hydrogens (tertiary/aromatic N) is 3. The van der Waals surface area contributed by atoms with Crippen LogP contribution in [0.25, 0.3) is 11.2 Å². The molecule has 1 atom stereocenters. The molecule has 0 bridgehead atoms. The topological polar surface area (TPSA) is 87.8 Å². The molecule has 0 radical (unpaired) electrons. The van der Waals surface area contributed by atoms with E-state index in [-0.39, 0.29) is 0 Å². The van der Waals surface area contributed by atoms with Crippen LogP contribution in [0.5, 0.6) is 0 Å². The molecule has 3 heterocycles. The van der Waals surface area contributed by atoms with E-state index in [1.807, 2.05) is 0 Å². The van der Waals surface area contributed by atoms with E-state index in [0.29, 0.717) is 17.7 Å². The van der Waals surface area contributed by atoms with E-state index in [4.69, 9.17) is 4.74 Å². The molecule has 0 saturated carbocycles. The Labute approximate surface area is 123 Å². The first-order valence-electron chi connectivity index (χ1n) is 7.67. The normalized spacial score (nSPS) is 18.2. The highest BCUT2D eigenvalue weighted by Crippen LogP contribution is 2.20. The van der Waals surface area contributed by atoms with Crippen molar-refractivity contribution in [2.45, 2.75) is 38.7 Å². The summed E-state index contributed by atoms with van der Waals surface area (Å²) in [5.74, 6) is 1.42. The van der Waals surface area contributed by atoms with Crippen molar-refractivity contribution in [2.75, 3.05) is 30.3 Å². The van der Waals surface area contributed by atoms with Gasteiger partial charge in [-0.1, -0.05) is 6.92 Å². The predicted molar refractivity (Wildman–Crippen MR) is 82.5 cm³/mol. The summed E-state index contributed by atoms with van der Waals surface area (Å²) < 4.78 is 5.63. The molecule has 1 fully saturated rings. The van der Waals surface area contributed by atoms with Crippen LogP contribution < -0.4 is 10.6 Å². The van der Waals surface area contributed by atoms with Crippen LogP contribution in [0, 0.1) is 0 Å². The van der Waals surface area contributed by atoms with E-state index >= 15 is 0 Å². The van der Waals surface area contributed by atoms with E-state index in [1.165, 1.54) is 6.42 Å². The Morgan fingerprint density at radius 2 is 2.29 bits per heavy atom. The van der Waals surface area contributed by atoms with E-state index in [1.54, 1.807) is 6.33 Å². The van der Waals surface area contributed by atoms with Crippen LogP contribution in [-0.4, -0.2) is 45.7 Å². The molecule has 2 aromatic heterocycles. The van der Waals surface area contributed by atoms with Crippen molar-refractivity contribution in [3.63, 3.8) is 0 Å². The molecule has 3 N–H and O–H groups in total. The SMILES string of the molecule is CCCNc1nc(NCCC2CCCO2)c2[nH]cnc2n1. The van der Waals surface area contributed by atoms with Crippen LogP contribution in [-0.2, 0) is 4.74 Å². The number of imidazole rings is 1. The molecule has 21 heavy (non-hydrogen) atoms. The minimum Gasteiger partial charge on any atom is -0.378 e. The van der Waals surface area contributed by atoms with Gasteiger partial charge >= 0.3 is 0 Å². The lowest BCUT2D eigenvalue weighted by molar-refractivity contribution is 0.107. The van der Waals surface area contributed by atoms with Gasteiger partial charge in [-0.15, -0.1) is 0 Å². The Hall–Kier alpha value is -1.89. The number of anilines is 2. The maximum absolute atomic E-state index is 5.63. The summed E-state index contributed by atoms with van der Waals surface area (Å²) in [7, 11) is 0. The van der Waals surface area contributed by atoms with Crippen LogP contribution in [0.4, 0.5) is 11.8 Å². The average molecular weight is 290 g/mol. The van der Waals surface area contributed by atoms with Gasteiger partial charge in [-0.3, -0.25) is 0 Å². The molecule has 0 aromatic carbocycles. The highest BCUT2D eigenvalue weighted by atomic mass is 16.5. The van der Waals surface area contributed by atoms with Crippen molar-refractivity contribution >= 4 is 22.9 Å². The summed E-state index contributed by atoms with van der Waals surface area (Å²) in [6.45, 7) is 4.70. The summed E-state index contributed by atoms with van der Waals surface area (Å²) in [5.41, 5.74) is 1.53. The van der Waals surface area contributed by atoms with Gasteiger partial charge < -0.3 is 20.4 Å². The van der Waals surface area contributed by atoms with Gasteiger partial charge in [0, 0.05) is 19.7 Å². The molecule has 0 aliphatic carbocycles. The molecule has 0 amide bonds. The molecule has 3 rings (SSSR count). The van der Waals surface area contributed by atoms with E-state index in [9.17, 15) is 0 Å². The number of aromatic amines is 1. The van der Waals surface area contributed by atoms with Crippen LogP contribution in [0.2, 0.25) is 0 Å². The lowest BCUT2D eigenvalue weighted by Gasteiger charge is -2.12. The van der Waals surface area contributed by atoms with Gasteiger partial charge in [-0.25, -0.2) is 4.98 Å². The van der Waals surface area contributed by atoms with Gasteiger partial charge in [0.2, 0.25) is 5.95 Å².